The van der Waals surface area contributed by atoms with Crippen molar-refractivity contribution < 1.29 is 14.3 Å². The van der Waals surface area contributed by atoms with Gasteiger partial charge in [-0.25, -0.2) is 4.79 Å². The Labute approximate surface area is 128 Å². The quantitative estimate of drug-likeness (QED) is 0.873. The molecule has 0 radical (unpaired) electrons. The molecule has 0 saturated heterocycles. The van der Waals surface area contributed by atoms with Crippen molar-refractivity contribution in [3.63, 3.8) is 0 Å². The Balaban J connectivity index is 2.46. The van der Waals surface area contributed by atoms with Crippen LogP contribution in [0.2, 0.25) is 0 Å². The number of nitrogens with two attached hydrogens (primary N) is 1. The highest BCUT2D eigenvalue weighted by Gasteiger charge is 2.31. The lowest BCUT2D eigenvalue weighted by Gasteiger charge is -2.26. The molecule has 0 aliphatic rings. The molecule has 3 N–H and O–H groups in total. The molecule has 22 heavy (non-hydrogen) atoms. The van der Waals surface area contributed by atoms with Gasteiger partial charge in [0, 0.05) is 18.3 Å². The molecule has 6 heteroatoms. The first-order chi connectivity index (χ1) is 10.6. The smallest absolute Gasteiger partial charge is 0.407 e. The standard InChI is InChI=1S/C16H17N3O3/c1-22-16(21)19-14(15(17)20)13(11-5-3-2-4-6-11)12-7-9-18-10-8-12/h2-10,13-14H,1H3,(H2,17,20)(H,19,21)/t13?,14-/m1/s1. The summed E-state index contributed by atoms with van der Waals surface area (Å²) in [7, 11) is 1.23. The second-order valence-corrected chi connectivity index (χ2v) is 4.68. The van der Waals surface area contributed by atoms with Crippen LogP contribution in [0.5, 0.6) is 0 Å². The number of hydrogen-bond donors (Lipinski definition) is 2. The van der Waals surface area contributed by atoms with Gasteiger partial charge in [0.1, 0.15) is 6.04 Å². The minimum atomic E-state index is -0.933. The predicted octanol–water partition coefficient (Wildman–Crippen LogP) is 1.42. The van der Waals surface area contributed by atoms with E-state index in [1.165, 1.54) is 7.11 Å². The van der Waals surface area contributed by atoms with Crippen molar-refractivity contribution in [3.8, 4) is 0 Å². The van der Waals surface area contributed by atoms with Gasteiger partial charge in [0.15, 0.2) is 0 Å². The van der Waals surface area contributed by atoms with Crippen LogP contribution < -0.4 is 11.1 Å². The first kappa shape index (κ1) is 15.5. The molecule has 0 fully saturated rings. The van der Waals surface area contributed by atoms with E-state index < -0.39 is 24.0 Å². The average Bonchev–Trinajstić information content (AvgIpc) is 2.56. The zero-order valence-corrected chi connectivity index (χ0v) is 12.1. The number of aromatic nitrogens is 1. The highest BCUT2D eigenvalue weighted by Crippen LogP contribution is 2.27. The molecule has 2 aromatic rings. The Morgan fingerprint density at radius 3 is 2.23 bits per heavy atom. The van der Waals surface area contributed by atoms with Crippen LogP contribution in [0.15, 0.2) is 54.9 Å². The molecule has 114 valence electrons. The van der Waals surface area contributed by atoms with Gasteiger partial charge in [-0.3, -0.25) is 9.78 Å². The van der Waals surface area contributed by atoms with E-state index in [0.29, 0.717) is 0 Å². The molecule has 6 nitrogen and oxygen atoms in total. The SMILES string of the molecule is COC(=O)N[C@@H](C(N)=O)C(c1ccccc1)c1ccncc1. The number of carbonyl (C=O) groups excluding carboxylic acids is 2. The number of carbonyl (C=O) groups is 2. The number of nitrogens with one attached hydrogen (secondary N) is 1. The normalized spacial score (nSPS) is 13.0. The van der Waals surface area contributed by atoms with Gasteiger partial charge in [-0.1, -0.05) is 30.3 Å². The van der Waals surface area contributed by atoms with E-state index >= 15 is 0 Å². The van der Waals surface area contributed by atoms with Gasteiger partial charge in [0.25, 0.3) is 0 Å². The lowest BCUT2D eigenvalue weighted by Crippen LogP contribution is -2.48. The number of alkyl carbamates (subject to hydrolysis) is 1. The molecule has 2 atom stereocenters. The van der Waals surface area contributed by atoms with Crippen molar-refractivity contribution in [2.45, 2.75) is 12.0 Å². The molecule has 1 aromatic carbocycles. The maximum Gasteiger partial charge on any atom is 0.407 e. The monoisotopic (exact) mass is 299 g/mol. The van der Waals surface area contributed by atoms with Crippen LogP contribution in [0.3, 0.4) is 0 Å². The largest absolute Gasteiger partial charge is 0.453 e. The number of primary amides is 1. The zero-order chi connectivity index (χ0) is 15.9. The Hall–Kier alpha value is -2.89. The highest BCUT2D eigenvalue weighted by atomic mass is 16.5. The van der Waals surface area contributed by atoms with Gasteiger partial charge in [-0.05, 0) is 23.3 Å². The molecule has 0 aliphatic carbocycles. The van der Waals surface area contributed by atoms with Crippen molar-refractivity contribution in [2.75, 3.05) is 7.11 Å². The summed E-state index contributed by atoms with van der Waals surface area (Å²) in [6, 6.07) is 12.0. The van der Waals surface area contributed by atoms with Crippen LogP contribution in [0, 0.1) is 0 Å². The molecule has 0 saturated carbocycles. The molecular weight excluding hydrogens is 282 g/mol. The second-order valence-electron chi connectivity index (χ2n) is 4.68. The summed E-state index contributed by atoms with van der Waals surface area (Å²) in [6.07, 6.45) is 2.54. The summed E-state index contributed by atoms with van der Waals surface area (Å²) in [5.74, 6) is -1.07. The zero-order valence-electron chi connectivity index (χ0n) is 12.1. The molecule has 0 aliphatic heterocycles. The fourth-order valence-corrected chi connectivity index (χ4v) is 2.31. The lowest BCUT2D eigenvalue weighted by molar-refractivity contribution is -0.120. The summed E-state index contributed by atoms with van der Waals surface area (Å²) >= 11 is 0. The van der Waals surface area contributed by atoms with Gasteiger partial charge in [0.05, 0.1) is 7.11 Å². The molecule has 2 amide bonds. The summed E-state index contributed by atoms with van der Waals surface area (Å²) in [5, 5.41) is 2.51. The number of amides is 2. The fourth-order valence-electron chi connectivity index (χ4n) is 2.31. The molecule has 1 heterocycles. The van der Waals surface area contributed by atoms with E-state index in [0.717, 1.165) is 11.1 Å². The number of methoxy groups -OCH3 is 1. The van der Waals surface area contributed by atoms with E-state index in [-0.39, 0.29) is 0 Å². The third kappa shape index (κ3) is 3.60. The van der Waals surface area contributed by atoms with Crippen molar-refractivity contribution >= 4 is 12.0 Å². The highest BCUT2D eigenvalue weighted by molar-refractivity contribution is 5.86. The number of hydrogen-bond acceptors (Lipinski definition) is 4. The van der Waals surface area contributed by atoms with Crippen molar-refractivity contribution in [1.82, 2.24) is 10.3 Å². The maximum absolute atomic E-state index is 11.9. The van der Waals surface area contributed by atoms with Crippen LogP contribution in [-0.2, 0) is 9.53 Å². The summed E-state index contributed by atoms with van der Waals surface area (Å²) < 4.78 is 4.58. The van der Waals surface area contributed by atoms with E-state index in [9.17, 15) is 9.59 Å². The molecule has 1 unspecified atom stereocenters. The maximum atomic E-state index is 11.9. The summed E-state index contributed by atoms with van der Waals surface area (Å²) in [4.78, 5) is 27.4. The predicted molar refractivity (Wildman–Crippen MR) is 81.0 cm³/mol. The molecule has 1 aromatic heterocycles. The first-order valence-electron chi connectivity index (χ1n) is 6.72. The average molecular weight is 299 g/mol. The van der Waals surface area contributed by atoms with Crippen LogP contribution in [0.1, 0.15) is 17.0 Å². The van der Waals surface area contributed by atoms with Crippen molar-refractivity contribution in [1.29, 1.82) is 0 Å². The van der Waals surface area contributed by atoms with Crippen LogP contribution in [0.4, 0.5) is 4.79 Å². The van der Waals surface area contributed by atoms with Crippen LogP contribution >= 0.6 is 0 Å². The number of pyridine rings is 1. The molecular formula is C16H17N3O3. The number of benzene rings is 1. The summed E-state index contributed by atoms with van der Waals surface area (Å²) in [5.41, 5.74) is 7.17. The Bertz CT molecular complexity index is 592. The van der Waals surface area contributed by atoms with Crippen molar-refractivity contribution in [2.24, 2.45) is 5.73 Å². The molecule has 0 bridgehead atoms. The second kappa shape index (κ2) is 7.21. The Morgan fingerprint density at radius 2 is 1.68 bits per heavy atom. The van der Waals surface area contributed by atoms with Gasteiger partial charge in [-0.2, -0.15) is 0 Å². The topological polar surface area (TPSA) is 94.3 Å². The Morgan fingerprint density at radius 1 is 1.09 bits per heavy atom. The minimum Gasteiger partial charge on any atom is -0.453 e. The van der Waals surface area contributed by atoms with E-state index in [4.69, 9.17) is 5.73 Å². The molecule has 2 rings (SSSR count). The number of ether oxygens (including phenoxy) is 1. The van der Waals surface area contributed by atoms with E-state index in [1.807, 2.05) is 30.3 Å². The van der Waals surface area contributed by atoms with E-state index in [2.05, 4.69) is 15.0 Å². The van der Waals surface area contributed by atoms with Gasteiger partial charge < -0.3 is 15.8 Å². The number of nitrogens with zero attached hydrogens (tertiary/aromatic N) is 1. The van der Waals surface area contributed by atoms with Crippen molar-refractivity contribution in [3.05, 3.63) is 66.0 Å². The van der Waals surface area contributed by atoms with Gasteiger partial charge >= 0.3 is 6.09 Å². The molecule has 0 spiro atoms. The van der Waals surface area contributed by atoms with Crippen LogP contribution in [0.25, 0.3) is 0 Å². The van der Waals surface area contributed by atoms with Gasteiger partial charge in [-0.15, -0.1) is 0 Å². The summed E-state index contributed by atoms with van der Waals surface area (Å²) in [6.45, 7) is 0. The first-order valence-corrected chi connectivity index (χ1v) is 6.72. The third-order valence-corrected chi connectivity index (χ3v) is 3.32. The third-order valence-electron chi connectivity index (χ3n) is 3.32. The minimum absolute atomic E-state index is 0.430. The fraction of sp³-hybridized carbons (Fsp3) is 0.188. The van der Waals surface area contributed by atoms with E-state index in [1.54, 1.807) is 24.5 Å². The van der Waals surface area contributed by atoms with Crippen LogP contribution in [-0.4, -0.2) is 30.1 Å². The number of rotatable bonds is 5. The Kier molecular flexibility index (Phi) is 5.08. The van der Waals surface area contributed by atoms with Gasteiger partial charge in [0.2, 0.25) is 5.91 Å². The lowest BCUT2D eigenvalue weighted by atomic mass is 9.85.